The molecule has 2 aromatic rings. The van der Waals surface area contributed by atoms with Crippen molar-refractivity contribution in [3.63, 3.8) is 0 Å². The van der Waals surface area contributed by atoms with E-state index in [4.69, 9.17) is 27.9 Å². The van der Waals surface area contributed by atoms with Crippen LogP contribution in [-0.4, -0.2) is 65.4 Å². The van der Waals surface area contributed by atoms with Gasteiger partial charge in [0.2, 0.25) is 5.95 Å². The average molecular weight is 383 g/mol. The molecule has 1 aliphatic heterocycles. The highest BCUT2D eigenvalue weighted by atomic mass is 35.5. The van der Waals surface area contributed by atoms with Crippen molar-refractivity contribution in [2.45, 2.75) is 6.10 Å². The summed E-state index contributed by atoms with van der Waals surface area (Å²) in [6.07, 6.45) is 2.90. The third-order valence-corrected chi connectivity index (χ3v) is 4.53. The maximum absolute atomic E-state index is 10.2. The van der Waals surface area contributed by atoms with Gasteiger partial charge >= 0.3 is 0 Å². The highest BCUT2D eigenvalue weighted by molar-refractivity contribution is 6.35. The van der Waals surface area contributed by atoms with Gasteiger partial charge in [-0.2, -0.15) is 0 Å². The standard InChI is InChI=1S/C17H20Cl2N4O2/c18-13-2-3-16(15(19)10-13)25-12-14(24)11-22-6-8-23(9-7-22)17-20-4-1-5-21-17/h1-5,10,14,24H,6-9,11-12H2/t14-/m0/s1. The van der Waals surface area contributed by atoms with Gasteiger partial charge < -0.3 is 14.7 Å². The summed E-state index contributed by atoms with van der Waals surface area (Å²) in [5.74, 6) is 1.28. The molecule has 1 N–H and O–H groups in total. The maximum atomic E-state index is 10.2. The molecule has 0 bridgehead atoms. The van der Waals surface area contributed by atoms with Crippen LogP contribution in [0.4, 0.5) is 5.95 Å². The normalized spacial score (nSPS) is 16.7. The first kappa shape index (κ1) is 18.2. The van der Waals surface area contributed by atoms with E-state index in [1.807, 2.05) is 6.07 Å². The second-order valence-corrected chi connectivity index (χ2v) is 6.72. The minimum absolute atomic E-state index is 0.184. The van der Waals surface area contributed by atoms with Gasteiger partial charge in [0.15, 0.2) is 0 Å². The lowest BCUT2D eigenvalue weighted by Gasteiger charge is -2.35. The molecule has 1 aromatic carbocycles. The molecule has 1 atom stereocenters. The van der Waals surface area contributed by atoms with Crippen LogP contribution >= 0.6 is 23.2 Å². The molecular formula is C17H20Cl2N4O2. The number of benzene rings is 1. The van der Waals surface area contributed by atoms with Gasteiger partial charge in [-0.05, 0) is 24.3 Å². The van der Waals surface area contributed by atoms with Gasteiger partial charge in [-0.15, -0.1) is 0 Å². The van der Waals surface area contributed by atoms with E-state index in [1.54, 1.807) is 30.6 Å². The summed E-state index contributed by atoms with van der Waals surface area (Å²) in [6, 6.07) is 6.84. The third-order valence-electron chi connectivity index (χ3n) is 4.00. The molecule has 1 aliphatic rings. The lowest BCUT2D eigenvalue weighted by Crippen LogP contribution is -2.49. The molecule has 134 valence electrons. The second-order valence-electron chi connectivity index (χ2n) is 5.88. The zero-order chi connectivity index (χ0) is 17.6. The molecule has 8 heteroatoms. The smallest absolute Gasteiger partial charge is 0.225 e. The van der Waals surface area contributed by atoms with E-state index in [1.165, 1.54) is 0 Å². The number of aromatic nitrogens is 2. The van der Waals surface area contributed by atoms with Crippen LogP contribution in [-0.2, 0) is 0 Å². The van der Waals surface area contributed by atoms with Crippen LogP contribution in [0.1, 0.15) is 0 Å². The summed E-state index contributed by atoms with van der Waals surface area (Å²) in [4.78, 5) is 12.9. The van der Waals surface area contributed by atoms with Gasteiger partial charge in [0.05, 0.1) is 5.02 Å². The van der Waals surface area contributed by atoms with Crippen molar-refractivity contribution in [3.8, 4) is 5.75 Å². The molecule has 0 saturated carbocycles. The van der Waals surface area contributed by atoms with Crippen molar-refractivity contribution in [1.29, 1.82) is 0 Å². The zero-order valence-corrected chi connectivity index (χ0v) is 15.2. The molecule has 1 fully saturated rings. The van der Waals surface area contributed by atoms with E-state index in [2.05, 4.69) is 19.8 Å². The van der Waals surface area contributed by atoms with Gasteiger partial charge in [0.25, 0.3) is 0 Å². The van der Waals surface area contributed by atoms with Crippen molar-refractivity contribution >= 4 is 29.2 Å². The molecule has 25 heavy (non-hydrogen) atoms. The van der Waals surface area contributed by atoms with E-state index < -0.39 is 6.10 Å². The molecule has 0 aliphatic carbocycles. The summed E-state index contributed by atoms with van der Waals surface area (Å²) in [7, 11) is 0. The summed E-state index contributed by atoms with van der Waals surface area (Å²) in [6.45, 7) is 4.09. The first-order valence-corrected chi connectivity index (χ1v) is 8.87. The fraction of sp³-hybridized carbons (Fsp3) is 0.412. The largest absolute Gasteiger partial charge is 0.489 e. The van der Waals surface area contributed by atoms with Crippen LogP contribution in [0.2, 0.25) is 10.0 Å². The Balaban J connectivity index is 1.42. The summed E-state index contributed by atoms with van der Waals surface area (Å²) < 4.78 is 5.59. The summed E-state index contributed by atoms with van der Waals surface area (Å²) >= 11 is 11.9. The Morgan fingerprint density at radius 2 is 1.84 bits per heavy atom. The van der Waals surface area contributed by atoms with Gasteiger partial charge in [-0.1, -0.05) is 23.2 Å². The van der Waals surface area contributed by atoms with Gasteiger partial charge in [-0.25, -0.2) is 9.97 Å². The Bertz CT molecular complexity index is 682. The van der Waals surface area contributed by atoms with E-state index in [-0.39, 0.29) is 6.61 Å². The first-order chi connectivity index (χ1) is 12.1. The Morgan fingerprint density at radius 3 is 2.52 bits per heavy atom. The number of piperazine rings is 1. The number of ether oxygens (including phenoxy) is 1. The zero-order valence-electron chi connectivity index (χ0n) is 13.7. The number of nitrogens with zero attached hydrogens (tertiary/aromatic N) is 4. The summed E-state index contributed by atoms with van der Waals surface area (Å²) in [5.41, 5.74) is 0. The van der Waals surface area contributed by atoms with Crippen molar-refractivity contribution in [2.24, 2.45) is 0 Å². The van der Waals surface area contributed by atoms with Crippen molar-refractivity contribution in [3.05, 3.63) is 46.7 Å². The average Bonchev–Trinajstić information content (AvgIpc) is 2.62. The molecule has 1 aromatic heterocycles. The maximum Gasteiger partial charge on any atom is 0.225 e. The molecule has 0 amide bonds. The van der Waals surface area contributed by atoms with Crippen LogP contribution in [0.5, 0.6) is 5.75 Å². The highest BCUT2D eigenvalue weighted by Gasteiger charge is 2.21. The van der Waals surface area contributed by atoms with Crippen LogP contribution in [0.15, 0.2) is 36.7 Å². The predicted octanol–water partition coefficient (Wildman–Crippen LogP) is 2.35. The number of hydrogen-bond acceptors (Lipinski definition) is 6. The number of anilines is 1. The number of rotatable bonds is 6. The fourth-order valence-electron chi connectivity index (χ4n) is 2.71. The minimum Gasteiger partial charge on any atom is -0.489 e. The van der Waals surface area contributed by atoms with Crippen molar-refractivity contribution < 1.29 is 9.84 Å². The first-order valence-electron chi connectivity index (χ1n) is 8.12. The number of halogens is 2. The van der Waals surface area contributed by atoms with Gasteiger partial charge in [0, 0.05) is 50.1 Å². The molecule has 0 spiro atoms. The van der Waals surface area contributed by atoms with Crippen molar-refractivity contribution in [2.75, 3.05) is 44.2 Å². The molecule has 3 rings (SSSR count). The van der Waals surface area contributed by atoms with Crippen LogP contribution in [0.3, 0.4) is 0 Å². The number of aliphatic hydroxyl groups excluding tert-OH is 1. The predicted molar refractivity (Wildman–Crippen MR) is 98.6 cm³/mol. The molecule has 1 saturated heterocycles. The van der Waals surface area contributed by atoms with E-state index in [0.717, 1.165) is 32.1 Å². The Kier molecular flexibility index (Phi) is 6.31. The fourth-order valence-corrected chi connectivity index (χ4v) is 3.18. The molecule has 6 nitrogen and oxygen atoms in total. The molecular weight excluding hydrogens is 363 g/mol. The topological polar surface area (TPSA) is 61.7 Å². The van der Waals surface area contributed by atoms with Crippen molar-refractivity contribution in [1.82, 2.24) is 14.9 Å². The lowest BCUT2D eigenvalue weighted by molar-refractivity contribution is 0.0662. The summed E-state index contributed by atoms with van der Waals surface area (Å²) in [5, 5.41) is 11.2. The molecule has 0 radical (unpaired) electrons. The number of hydrogen-bond donors (Lipinski definition) is 1. The van der Waals surface area contributed by atoms with Gasteiger partial charge in [-0.3, -0.25) is 4.90 Å². The van der Waals surface area contributed by atoms with Crippen LogP contribution < -0.4 is 9.64 Å². The molecule has 0 unspecified atom stereocenters. The van der Waals surface area contributed by atoms with E-state index in [9.17, 15) is 5.11 Å². The lowest BCUT2D eigenvalue weighted by atomic mass is 10.2. The SMILES string of the molecule is O[C@H](COc1ccc(Cl)cc1Cl)CN1CCN(c2ncccn2)CC1. The number of aliphatic hydroxyl groups is 1. The Labute approximate surface area is 157 Å². The second kappa shape index (κ2) is 8.67. The van der Waals surface area contributed by atoms with Crippen LogP contribution in [0.25, 0.3) is 0 Å². The molecule has 2 heterocycles. The monoisotopic (exact) mass is 382 g/mol. The third kappa shape index (κ3) is 5.19. The Hall–Kier alpha value is -1.60. The highest BCUT2D eigenvalue weighted by Crippen LogP contribution is 2.27. The Morgan fingerprint density at radius 1 is 1.12 bits per heavy atom. The van der Waals surface area contributed by atoms with Gasteiger partial charge in [0.1, 0.15) is 18.5 Å². The van der Waals surface area contributed by atoms with Crippen LogP contribution in [0, 0.1) is 0 Å². The minimum atomic E-state index is -0.591. The quantitative estimate of drug-likeness (QED) is 0.827. The van der Waals surface area contributed by atoms with E-state index in [0.29, 0.717) is 22.3 Å². The van der Waals surface area contributed by atoms with E-state index >= 15 is 0 Å². The number of β-amino-alcohol motifs (C(OH)–C–C–N with tert-alkyl or cyclic N) is 1.